The van der Waals surface area contributed by atoms with Crippen molar-refractivity contribution >= 4 is 10.9 Å². The second-order valence-electron chi connectivity index (χ2n) is 3.76. The molecule has 2 rings (SSSR count). The van der Waals surface area contributed by atoms with Gasteiger partial charge in [-0.2, -0.15) is 5.26 Å². The number of fused-ring (bicyclic) bond motifs is 1. The van der Waals surface area contributed by atoms with Crippen LogP contribution in [0.1, 0.15) is 18.2 Å². The number of ether oxygens (including phenoxy) is 1. The van der Waals surface area contributed by atoms with Crippen LogP contribution in [0.25, 0.3) is 10.9 Å². The normalized spacial score (nSPS) is 10.4. The van der Waals surface area contributed by atoms with Gasteiger partial charge >= 0.3 is 0 Å². The molecule has 0 spiro atoms. The molecule has 1 heterocycles. The number of benzene rings is 1. The Labute approximate surface area is 94.9 Å². The fraction of sp³-hybridized carbons (Fsp3) is 0.308. The van der Waals surface area contributed by atoms with Crippen LogP contribution >= 0.6 is 0 Å². The van der Waals surface area contributed by atoms with Crippen molar-refractivity contribution in [1.29, 1.82) is 5.26 Å². The van der Waals surface area contributed by atoms with Gasteiger partial charge in [-0.3, -0.25) is 0 Å². The van der Waals surface area contributed by atoms with Gasteiger partial charge in [0.25, 0.3) is 0 Å². The van der Waals surface area contributed by atoms with E-state index < -0.39 is 0 Å². The molecule has 0 aliphatic rings. The van der Waals surface area contributed by atoms with E-state index in [2.05, 4.69) is 6.07 Å². The predicted molar refractivity (Wildman–Crippen MR) is 63.5 cm³/mol. The summed E-state index contributed by atoms with van der Waals surface area (Å²) in [5, 5.41) is 10.2. The maximum atomic E-state index is 9.07. The van der Waals surface area contributed by atoms with E-state index in [9.17, 15) is 0 Å². The van der Waals surface area contributed by atoms with E-state index in [1.807, 2.05) is 43.7 Å². The van der Waals surface area contributed by atoms with Gasteiger partial charge in [0.1, 0.15) is 17.5 Å². The molecule has 0 amide bonds. The van der Waals surface area contributed by atoms with E-state index in [1.165, 1.54) is 0 Å². The summed E-state index contributed by atoms with van der Waals surface area (Å²) in [6.07, 6.45) is 0. The molecule has 0 saturated heterocycles. The smallest absolute Gasteiger partial charge is 0.123 e. The summed E-state index contributed by atoms with van der Waals surface area (Å²) in [6.45, 7) is 4.59. The van der Waals surface area contributed by atoms with Gasteiger partial charge in [-0.15, -0.1) is 0 Å². The highest BCUT2D eigenvalue weighted by molar-refractivity contribution is 5.87. The van der Waals surface area contributed by atoms with E-state index in [0.29, 0.717) is 12.3 Å². The lowest BCUT2D eigenvalue weighted by atomic mass is 10.1. The molecule has 0 bridgehead atoms. The molecular weight excluding hydrogens is 200 g/mol. The minimum atomic E-state index is 0.655. The van der Waals surface area contributed by atoms with Crippen LogP contribution in [-0.4, -0.2) is 11.2 Å². The fourth-order valence-corrected chi connectivity index (χ4v) is 2.02. The van der Waals surface area contributed by atoms with Crippen LogP contribution in [0.2, 0.25) is 0 Å². The van der Waals surface area contributed by atoms with Crippen molar-refractivity contribution in [2.75, 3.05) is 6.61 Å². The quantitative estimate of drug-likeness (QED) is 0.771. The van der Waals surface area contributed by atoms with Crippen LogP contribution in [0.15, 0.2) is 18.2 Å². The van der Waals surface area contributed by atoms with Gasteiger partial charge in [0, 0.05) is 18.0 Å². The van der Waals surface area contributed by atoms with Crippen molar-refractivity contribution in [1.82, 2.24) is 4.57 Å². The summed E-state index contributed by atoms with van der Waals surface area (Å²) in [4.78, 5) is 0. The maximum Gasteiger partial charge on any atom is 0.123 e. The van der Waals surface area contributed by atoms with Crippen LogP contribution in [-0.2, 0) is 7.05 Å². The summed E-state index contributed by atoms with van der Waals surface area (Å²) < 4.78 is 7.38. The van der Waals surface area contributed by atoms with Crippen LogP contribution in [0, 0.1) is 18.3 Å². The van der Waals surface area contributed by atoms with Crippen molar-refractivity contribution in [3.63, 3.8) is 0 Å². The lowest BCUT2D eigenvalue weighted by molar-refractivity contribution is 0.340. The highest BCUT2D eigenvalue weighted by atomic mass is 16.5. The Hall–Kier alpha value is -1.95. The van der Waals surface area contributed by atoms with Gasteiger partial charge in [0.15, 0.2) is 0 Å². The molecule has 0 unspecified atom stereocenters. The minimum absolute atomic E-state index is 0.655. The molecule has 0 aliphatic heterocycles. The molecule has 3 nitrogen and oxygen atoms in total. The lowest BCUT2D eigenvalue weighted by Crippen LogP contribution is -1.92. The Kier molecular flexibility index (Phi) is 2.57. The van der Waals surface area contributed by atoms with Gasteiger partial charge in [-0.05, 0) is 37.6 Å². The number of rotatable bonds is 2. The molecule has 82 valence electrons. The van der Waals surface area contributed by atoms with Crippen LogP contribution in [0.3, 0.4) is 0 Å². The van der Waals surface area contributed by atoms with Crippen LogP contribution in [0.5, 0.6) is 5.75 Å². The molecule has 0 saturated carbocycles. The summed E-state index contributed by atoms with van der Waals surface area (Å²) in [5.74, 6) is 0.855. The first-order chi connectivity index (χ1) is 7.69. The van der Waals surface area contributed by atoms with Gasteiger partial charge in [0.05, 0.1) is 6.61 Å². The zero-order valence-electron chi connectivity index (χ0n) is 9.74. The maximum absolute atomic E-state index is 9.07. The number of hydrogen-bond acceptors (Lipinski definition) is 2. The molecule has 0 aliphatic carbocycles. The van der Waals surface area contributed by atoms with E-state index in [0.717, 1.165) is 22.2 Å². The number of aromatic nitrogens is 1. The highest BCUT2D eigenvalue weighted by Gasteiger charge is 2.11. The molecule has 0 N–H and O–H groups in total. The van der Waals surface area contributed by atoms with E-state index in [-0.39, 0.29) is 0 Å². The topological polar surface area (TPSA) is 37.9 Å². The second kappa shape index (κ2) is 3.90. The Morgan fingerprint density at radius 2 is 2.19 bits per heavy atom. The van der Waals surface area contributed by atoms with Gasteiger partial charge in [-0.25, -0.2) is 0 Å². The average Bonchev–Trinajstić information content (AvgIpc) is 2.52. The van der Waals surface area contributed by atoms with Crippen molar-refractivity contribution in [3.8, 4) is 11.8 Å². The predicted octanol–water partition coefficient (Wildman–Crippen LogP) is 2.76. The molecule has 2 aromatic rings. The zero-order valence-corrected chi connectivity index (χ0v) is 9.74. The number of aryl methyl sites for hydroxylation is 2. The summed E-state index contributed by atoms with van der Waals surface area (Å²) >= 11 is 0. The Morgan fingerprint density at radius 1 is 1.44 bits per heavy atom. The second-order valence-corrected chi connectivity index (χ2v) is 3.76. The molecule has 16 heavy (non-hydrogen) atoms. The fourth-order valence-electron chi connectivity index (χ4n) is 2.02. The van der Waals surface area contributed by atoms with E-state index >= 15 is 0 Å². The molecule has 0 fully saturated rings. The van der Waals surface area contributed by atoms with Gasteiger partial charge in [0.2, 0.25) is 0 Å². The third kappa shape index (κ3) is 1.43. The number of nitrogens with zero attached hydrogens (tertiary/aromatic N) is 2. The third-order valence-electron chi connectivity index (χ3n) is 2.84. The molecule has 0 radical (unpaired) electrons. The average molecular weight is 214 g/mol. The summed E-state index contributed by atoms with van der Waals surface area (Å²) in [6, 6.07) is 8.15. The van der Waals surface area contributed by atoms with Crippen molar-refractivity contribution in [2.45, 2.75) is 13.8 Å². The molecule has 1 aromatic heterocycles. The number of nitriles is 1. The Balaban J connectivity index is 2.70. The third-order valence-corrected chi connectivity index (χ3v) is 2.84. The van der Waals surface area contributed by atoms with Crippen molar-refractivity contribution in [3.05, 3.63) is 29.5 Å². The minimum Gasteiger partial charge on any atom is -0.494 e. The van der Waals surface area contributed by atoms with Gasteiger partial charge < -0.3 is 9.30 Å². The molecular formula is C13H14N2O. The Morgan fingerprint density at radius 3 is 2.81 bits per heavy atom. The number of hydrogen-bond donors (Lipinski definition) is 0. The SMILES string of the molecule is CCOc1ccc2c(c1)c(C)c(C#N)n2C. The van der Waals surface area contributed by atoms with E-state index in [4.69, 9.17) is 10.00 Å². The summed E-state index contributed by atoms with van der Waals surface area (Å²) in [7, 11) is 1.91. The van der Waals surface area contributed by atoms with Gasteiger partial charge in [-0.1, -0.05) is 0 Å². The van der Waals surface area contributed by atoms with Crippen molar-refractivity contribution in [2.24, 2.45) is 7.05 Å². The first-order valence-electron chi connectivity index (χ1n) is 5.31. The zero-order chi connectivity index (χ0) is 11.7. The monoisotopic (exact) mass is 214 g/mol. The first kappa shape index (κ1) is 10.6. The molecule has 3 heteroatoms. The van der Waals surface area contributed by atoms with Crippen LogP contribution < -0.4 is 4.74 Å². The first-order valence-corrected chi connectivity index (χ1v) is 5.31. The largest absolute Gasteiger partial charge is 0.494 e. The highest BCUT2D eigenvalue weighted by Crippen LogP contribution is 2.27. The van der Waals surface area contributed by atoms with Crippen molar-refractivity contribution < 1.29 is 4.74 Å². The molecule has 0 atom stereocenters. The van der Waals surface area contributed by atoms with E-state index in [1.54, 1.807) is 0 Å². The van der Waals surface area contributed by atoms with Crippen LogP contribution in [0.4, 0.5) is 0 Å². The Bertz CT molecular complexity index is 576. The lowest BCUT2D eigenvalue weighted by Gasteiger charge is -2.03. The summed E-state index contributed by atoms with van der Waals surface area (Å²) in [5.41, 5.74) is 2.79. The standard InChI is InChI=1S/C13H14N2O/c1-4-16-10-5-6-12-11(7-10)9(2)13(8-14)15(12)3/h5-7H,4H2,1-3H3. The molecule has 1 aromatic carbocycles.